The average molecular weight is 267 g/mol. The maximum atomic E-state index is 11.9. The molecule has 1 aromatic rings. The van der Waals surface area contributed by atoms with Crippen LogP contribution in [0, 0.1) is 5.41 Å². The maximum absolute atomic E-state index is 11.9. The largest absolute Gasteiger partial charge is 0.507 e. The fourth-order valence-electron chi connectivity index (χ4n) is 1.64. The number of rotatable bonds is 6. The monoisotopic (exact) mass is 267 g/mol. The summed E-state index contributed by atoms with van der Waals surface area (Å²) >= 11 is 0. The topological polar surface area (TPSA) is 78.8 Å². The quantitative estimate of drug-likeness (QED) is 0.730. The number of methoxy groups -OCH3 is 1. The Hall–Kier alpha value is -1.75. The van der Waals surface area contributed by atoms with Crippen molar-refractivity contribution >= 4 is 5.91 Å². The number of carbonyl (C=O) groups is 1. The molecule has 5 nitrogen and oxygen atoms in total. The Kier molecular flexibility index (Phi) is 5.18. The SMILES string of the molecule is COc1ccc(C(=O)NCC(C)(C)CCO)c(O)c1. The van der Waals surface area contributed by atoms with Crippen molar-refractivity contribution in [2.45, 2.75) is 20.3 Å². The number of benzene rings is 1. The Bertz CT molecular complexity index is 443. The zero-order chi connectivity index (χ0) is 14.5. The molecule has 0 aliphatic carbocycles. The first kappa shape index (κ1) is 15.3. The molecule has 3 N–H and O–H groups in total. The van der Waals surface area contributed by atoms with Gasteiger partial charge in [0.05, 0.1) is 12.7 Å². The number of aliphatic hydroxyl groups is 1. The first-order chi connectivity index (χ1) is 8.89. The van der Waals surface area contributed by atoms with Crippen LogP contribution in [-0.4, -0.2) is 36.4 Å². The Balaban J connectivity index is 2.68. The molecule has 0 saturated heterocycles. The van der Waals surface area contributed by atoms with Crippen LogP contribution in [0.4, 0.5) is 0 Å². The number of phenolic OH excluding ortho intramolecular Hbond substituents is 1. The minimum atomic E-state index is -0.342. The summed E-state index contributed by atoms with van der Waals surface area (Å²) in [6.07, 6.45) is 0.599. The van der Waals surface area contributed by atoms with E-state index in [0.29, 0.717) is 18.7 Å². The molecule has 5 heteroatoms. The number of amides is 1. The molecule has 0 aliphatic heterocycles. The van der Waals surface area contributed by atoms with Gasteiger partial charge in [-0.1, -0.05) is 13.8 Å². The molecule has 0 spiro atoms. The normalized spacial score (nSPS) is 11.2. The van der Waals surface area contributed by atoms with Gasteiger partial charge in [-0.3, -0.25) is 4.79 Å². The van der Waals surface area contributed by atoms with Crippen molar-refractivity contribution in [3.8, 4) is 11.5 Å². The summed E-state index contributed by atoms with van der Waals surface area (Å²) in [5, 5.41) is 21.4. The molecule has 0 heterocycles. The second-order valence-corrected chi connectivity index (χ2v) is 5.20. The predicted octanol–water partition coefficient (Wildman–Crippen LogP) is 1.54. The molecule has 1 amide bonds. The summed E-state index contributed by atoms with van der Waals surface area (Å²) in [7, 11) is 1.49. The lowest BCUT2D eigenvalue weighted by Gasteiger charge is -2.23. The second kappa shape index (κ2) is 6.43. The lowest BCUT2D eigenvalue weighted by Crippen LogP contribution is -2.34. The molecule has 0 aromatic heterocycles. The number of carbonyl (C=O) groups excluding carboxylic acids is 1. The highest BCUT2D eigenvalue weighted by Gasteiger charge is 2.19. The summed E-state index contributed by atoms with van der Waals surface area (Å²) in [4.78, 5) is 11.9. The third-order valence-corrected chi connectivity index (χ3v) is 2.97. The van der Waals surface area contributed by atoms with E-state index in [0.717, 1.165) is 0 Å². The van der Waals surface area contributed by atoms with Crippen LogP contribution in [-0.2, 0) is 0 Å². The lowest BCUT2D eigenvalue weighted by molar-refractivity contribution is 0.0925. The number of hydrogen-bond donors (Lipinski definition) is 3. The number of aromatic hydroxyl groups is 1. The van der Waals surface area contributed by atoms with Gasteiger partial charge in [0.25, 0.3) is 5.91 Å². The Morgan fingerprint density at radius 3 is 2.63 bits per heavy atom. The molecule has 1 aromatic carbocycles. The zero-order valence-corrected chi connectivity index (χ0v) is 11.6. The van der Waals surface area contributed by atoms with E-state index in [9.17, 15) is 9.90 Å². The predicted molar refractivity (Wildman–Crippen MR) is 72.5 cm³/mol. The van der Waals surface area contributed by atoms with Gasteiger partial charge < -0.3 is 20.3 Å². The summed E-state index contributed by atoms with van der Waals surface area (Å²) in [5.41, 5.74) is 0.0209. The molecular weight excluding hydrogens is 246 g/mol. The van der Waals surface area contributed by atoms with Crippen LogP contribution in [0.5, 0.6) is 11.5 Å². The van der Waals surface area contributed by atoms with Crippen LogP contribution < -0.4 is 10.1 Å². The molecule has 0 fully saturated rings. The summed E-state index contributed by atoms with van der Waals surface area (Å²) in [5.74, 6) is 0.0395. The number of phenols is 1. The minimum absolute atomic E-state index is 0.0800. The first-order valence-electron chi connectivity index (χ1n) is 6.16. The highest BCUT2D eigenvalue weighted by molar-refractivity contribution is 5.97. The highest BCUT2D eigenvalue weighted by Crippen LogP contribution is 2.24. The van der Waals surface area contributed by atoms with Gasteiger partial charge in [0.1, 0.15) is 11.5 Å². The summed E-state index contributed by atoms with van der Waals surface area (Å²) in [6.45, 7) is 4.42. The van der Waals surface area contributed by atoms with Gasteiger partial charge >= 0.3 is 0 Å². The molecule has 0 radical (unpaired) electrons. The average Bonchev–Trinajstić information content (AvgIpc) is 2.36. The van der Waals surface area contributed by atoms with Gasteiger partial charge in [-0.2, -0.15) is 0 Å². The van der Waals surface area contributed by atoms with E-state index in [-0.39, 0.29) is 29.2 Å². The number of aliphatic hydroxyl groups excluding tert-OH is 1. The maximum Gasteiger partial charge on any atom is 0.255 e. The van der Waals surface area contributed by atoms with Gasteiger partial charge in [-0.15, -0.1) is 0 Å². The smallest absolute Gasteiger partial charge is 0.255 e. The fourth-order valence-corrected chi connectivity index (χ4v) is 1.64. The molecule has 0 unspecified atom stereocenters. The van der Waals surface area contributed by atoms with Crippen molar-refractivity contribution in [2.75, 3.05) is 20.3 Å². The van der Waals surface area contributed by atoms with E-state index in [1.165, 1.54) is 19.2 Å². The molecule has 106 valence electrons. The number of hydrogen-bond acceptors (Lipinski definition) is 4. The van der Waals surface area contributed by atoms with Crippen LogP contribution in [0.3, 0.4) is 0 Å². The molecular formula is C14H21NO4. The van der Waals surface area contributed by atoms with Crippen LogP contribution in [0.2, 0.25) is 0 Å². The minimum Gasteiger partial charge on any atom is -0.507 e. The Morgan fingerprint density at radius 2 is 2.11 bits per heavy atom. The van der Waals surface area contributed by atoms with Crippen LogP contribution in [0.15, 0.2) is 18.2 Å². The Labute approximate surface area is 113 Å². The van der Waals surface area contributed by atoms with Gasteiger partial charge in [0.15, 0.2) is 0 Å². The number of nitrogens with one attached hydrogen (secondary N) is 1. The zero-order valence-electron chi connectivity index (χ0n) is 11.6. The third-order valence-electron chi connectivity index (χ3n) is 2.97. The van der Waals surface area contributed by atoms with Gasteiger partial charge in [0, 0.05) is 19.2 Å². The van der Waals surface area contributed by atoms with Crippen molar-refractivity contribution in [1.29, 1.82) is 0 Å². The van der Waals surface area contributed by atoms with Gasteiger partial charge in [-0.25, -0.2) is 0 Å². The van der Waals surface area contributed by atoms with Crippen LogP contribution in [0.1, 0.15) is 30.6 Å². The van der Waals surface area contributed by atoms with E-state index in [2.05, 4.69) is 5.32 Å². The molecule has 19 heavy (non-hydrogen) atoms. The van der Waals surface area contributed by atoms with Crippen molar-refractivity contribution in [3.05, 3.63) is 23.8 Å². The van der Waals surface area contributed by atoms with E-state index < -0.39 is 0 Å². The van der Waals surface area contributed by atoms with Gasteiger partial charge in [0.2, 0.25) is 0 Å². The van der Waals surface area contributed by atoms with E-state index in [1.54, 1.807) is 6.07 Å². The van der Waals surface area contributed by atoms with Crippen molar-refractivity contribution in [1.82, 2.24) is 5.32 Å². The van der Waals surface area contributed by atoms with Crippen LogP contribution in [0.25, 0.3) is 0 Å². The Morgan fingerprint density at radius 1 is 1.42 bits per heavy atom. The third kappa shape index (κ3) is 4.44. The fraction of sp³-hybridized carbons (Fsp3) is 0.500. The van der Waals surface area contributed by atoms with Crippen LogP contribution >= 0.6 is 0 Å². The van der Waals surface area contributed by atoms with Crippen molar-refractivity contribution in [3.63, 3.8) is 0 Å². The second-order valence-electron chi connectivity index (χ2n) is 5.20. The standard InChI is InChI=1S/C14H21NO4/c1-14(2,6-7-16)9-15-13(18)11-5-4-10(19-3)8-12(11)17/h4-5,8,16-17H,6-7,9H2,1-3H3,(H,15,18). The molecule has 0 atom stereocenters. The molecule has 1 rings (SSSR count). The van der Waals surface area contributed by atoms with E-state index in [4.69, 9.17) is 9.84 Å². The molecule has 0 aliphatic rings. The molecule has 0 bridgehead atoms. The summed E-state index contributed by atoms with van der Waals surface area (Å²) in [6, 6.07) is 4.53. The molecule has 0 saturated carbocycles. The summed E-state index contributed by atoms with van der Waals surface area (Å²) < 4.78 is 4.96. The van der Waals surface area contributed by atoms with Crippen molar-refractivity contribution < 1.29 is 19.7 Å². The lowest BCUT2D eigenvalue weighted by atomic mass is 9.89. The van der Waals surface area contributed by atoms with Gasteiger partial charge in [-0.05, 0) is 24.0 Å². The van der Waals surface area contributed by atoms with Crippen molar-refractivity contribution in [2.24, 2.45) is 5.41 Å². The first-order valence-corrected chi connectivity index (χ1v) is 6.16. The highest BCUT2D eigenvalue weighted by atomic mass is 16.5. The van der Waals surface area contributed by atoms with E-state index in [1.807, 2.05) is 13.8 Å². The number of ether oxygens (including phenoxy) is 1. The van der Waals surface area contributed by atoms with E-state index >= 15 is 0 Å².